The van der Waals surface area contributed by atoms with Gasteiger partial charge in [0.15, 0.2) is 5.82 Å². The lowest BCUT2D eigenvalue weighted by atomic mass is 9.80. The van der Waals surface area contributed by atoms with Gasteiger partial charge in [-0.15, -0.1) is 0 Å². The zero-order chi connectivity index (χ0) is 25.0. The molecule has 0 saturated heterocycles. The molecule has 1 aliphatic rings. The maximum absolute atomic E-state index is 5.26. The number of aromatic nitrogens is 2. The Kier molecular flexibility index (Phi) is 4.84. The highest BCUT2D eigenvalue weighted by atomic mass is 14.9. The first-order valence-corrected chi connectivity index (χ1v) is 12.8. The van der Waals surface area contributed by atoms with E-state index in [9.17, 15) is 0 Å². The molecule has 0 saturated carbocycles. The molecule has 0 atom stereocenters. The van der Waals surface area contributed by atoms with Crippen molar-refractivity contribution >= 4 is 10.8 Å². The maximum Gasteiger partial charge on any atom is 0.160 e. The first-order valence-electron chi connectivity index (χ1n) is 12.8. The summed E-state index contributed by atoms with van der Waals surface area (Å²) in [4.78, 5) is 10.5. The second-order valence-corrected chi connectivity index (χ2v) is 10.3. The van der Waals surface area contributed by atoms with Gasteiger partial charge in [-0.25, -0.2) is 9.97 Å². The Labute approximate surface area is 217 Å². The lowest BCUT2D eigenvalue weighted by Gasteiger charge is -2.24. The van der Waals surface area contributed by atoms with Crippen LogP contribution in [0.1, 0.15) is 25.0 Å². The molecule has 5 aromatic carbocycles. The van der Waals surface area contributed by atoms with Crippen molar-refractivity contribution in [2.75, 3.05) is 0 Å². The third-order valence-electron chi connectivity index (χ3n) is 7.62. The molecular formula is C35H26N2. The van der Waals surface area contributed by atoms with Gasteiger partial charge in [-0.05, 0) is 45.7 Å². The van der Waals surface area contributed by atoms with Crippen molar-refractivity contribution in [3.05, 3.63) is 132 Å². The van der Waals surface area contributed by atoms with Gasteiger partial charge in [0.2, 0.25) is 0 Å². The average Bonchev–Trinajstić information content (AvgIpc) is 3.18. The molecule has 0 unspecified atom stereocenters. The normalized spacial score (nSPS) is 13.4. The first-order chi connectivity index (χ1) is 18.1. The number of nitrogens with zero attached hydrogens (tertiary/aromatic N) is 2. The van der Waals surface area contributed by atoms with E-state index in [4.69, 9.17) is 9.97 Å². The van der Waals surface area contributed by atoms with Crippen LogP contribution in [0.5, 0.6) is 0 Å². The van der Waals surface area contributed by atoms with E-state index in [1.54, 1.807) is 0 Å². The molecule has 7 rings (SSSR count). The Bertz CT molecular complexity index is 1780. The summed E-state index contributed by atoms with van der Waals surface area (Å²) in [6.07, 6.45) is 0. The van der Waals surface area contributed by atoms with Gasteiger partial charge in [0.25, 0.3) is 0 Å². The lowest BCUT2D eigenvalue weighted by molar-refractivity contribution is 0.658. The Morgan fingerprint density at radius 3 is 1.78 bits per heavy atom. The summed E-state index contributed by atoms with van der Waals surface area (Å²) in [5.74, 6) is 0.760. The number of benzene rings is 5. The number of fused-ring (bicyclic) bond motifs is 4. The molecule has 1 aromatic heterocycles. The van der Waals surface area contributed by atoms with E-state index in [1.165, 1.54) is 38.6 Å². The van der Waals surface area contributed by atoms with Crippen molar-refractivity contribution in [2.24, 2.45) is 0 Å². The van der Waals surface area contributed by atoms with Crippen LogP contribution in [0.3, 0.4) is 0 Å². The Balaban J connectivity index is 1.53. The van der Waals surface area contributed by atoms with Crippen LogP contribution in [0.2, 0.25) is 0 Å². The fourth-order valence-corrected chi connectivity index (χ4v) is 5.74. The van der Waals surface area contributed by atoms with Crippen LogP contribution in [0.15, 0.2) is 121 Å². The van der Waals surface area contributed by atoms with Gasteiger partial charge in [0.1, 0.15) is 0 Å². The number of hydrogen-bond donors (Lipinski definition) is 0. The summed E-state index contributed by atoms with van der Waals surface area (Å²) in [6, 6.07) is 42.9. The fraction of sp³-hybridized carbons (Fsp3) is 0.0857. The third kappa shape index (κ3) is 3.48. The molecular weight excluding hydrogens is 448 g/mol. The first kappa shape index (κ1) is 21.7. The predicted molar refractivity (Wildman–Crippen MR) is 153 cm³/mol. The summed E-state index contributed by atoms with van der Waals surface area (Å²) in [5, 5.41) is 2.49. The van der Waals surface area contributed by atoms with Gasteiger partial charge in [0, 0.05) is 27.7 Å². The van der Waals surface area contributed by atoms with E-state index in [-0.39, 0.29) is 5.41 Å². The van der Waals surface area contributed by atoms with E-state index in [1.807, 2.05) is 18.2 Å². The zero-order valence-corrected chi connectivity index (χ0v) is 20.9. The van der Waals surface area contributed by atoms with E-state index in [2.05, 4.69) is 117 Å². The van der Waals surface area contributed by atoms with Crippen molar-refractivity contribution in [3.8, 4) is 45.0 Å². The molecule has 0 bridgehead atoms. The van der Waals surface area contributed by atoms with Crippen LogP contribution in [0.4, 0.5) is 0 Å². The molecule has 6 aromatic rings. The summed E-state index contributed by atoms with van der Waals surface area (Å²) in [7, 11) is 0. The Hall–Kier alpha value is -4.56. The molecule has 2 nitrogen and oxygen atoms in total. The van der Waals surface area contributed by atoms with Gasteiger partial charge in [0.05, 0.1) is 11.4 Å². The predicted octanol–water partition coefficient (Wildman–Crippen LogP) is 8.94. The maximum atomic E-state index is 5.26. The molecule has 0 N–H and O–H groups in total. The molecule has 2 heteroatoms. The minimum absolute atomic E-state index is 0.234. The van der Waals surface area contributed by atoms with Crippen molar-refractivity contribution in [3.63, 3.8) is 0 Å². The Morgan fingerprint density at radius 2 is 1.05 bits per heavy atom. The highest BCUT2D eigenvalue weighted by Gasteiger charge is 2.40. The largest absolute Gasteiger partial charge is 0.228 e. The second-order valence-electron chi connectivity index (χ2n) is 10.3. The van der Waals surface area contributed by atoms with Crippen molar-refractivity contribution < 1.29 is 0 Å². The van der Waals surface area contributed by atoms with Gasteiger partial charge in [-0.3, -0.25) is 0 Å². The third-order valence-corrected chi connectivity index (χ3v) is 7.62. The van der Waals surface area contributed by atoms with Crippen LogP contribution < -0.4 is 0 Å². The van der Waals surface area contributed by atoms with Crippen molar-refractivity contribution in [1.82, 2.24) is 9.97 Å². The molecule has 1 heterocycles. The molecule has 0 amide bonds. The SMILES string of the molecule is CC1(C)c2cc3ccccc3cc2-c2nc(-c3ccccc3)nc(-c3cccc(-c4ccccc4)c3)c21. The highest BCUT2D eigenvalue weighted by Crippen LogP contribution is 2.52. The van der Waals surface area contributed by atoms with E-state index in [0.717, 1.165) is 28.3 Å². The summed E-state index contributed by atoms with van der Waals surface area (Å²) in [5.41, 5.74) is 10.1. The molecule has 0 spiro atoms. The van der Waals surface area contributed by atoms with E-state index < -0.39 is 0 Å². The van der Waals surface area contributed by atoms with Gasteiger partial charge >= 0.3 is 0 Å². The molecule has 0 fully saturated rings. The average molecular weight is 475 g/mol. The Morgan fingerprint density at radius 1 is 0.486 bits per heavy atom. The lowest BCUT2D eigenvalue weighted by Crippen LogP contribution is -2.17. The minimum atomic E-state index is -0.234. The van der Waals surface area contributed by atoms with Crippen LogP contribution >= 0.6 is 0 Å². The highest BCUT2D eigenvalue weighted by molar-refractivity contribution is 5.95. The number of rotatable bonds is 3. The van der Waals surface area contributed by atoms with Crippen LogP contribution in [0.25, 0.3) is 55.8 Å². The minimum Gasteiger partial charge on any atom is -0.228 e. The summed E-state index contributed by atoms with van der Waals surface area (Å²) in [6.45, 7) is 4.62. The summed E-state index contributed by atoms with van der Waals surface area (Å²) < 4.78 is 0. The second kappa shape index (κ2) is 8.25. The van der Waals surface area contributed by atoms with Gasteiger partial charge < -0.3 is 0 Å². The van der Waals surface area contributed by atoms with E-state index in [0.29, 0.717) is 0 Å². The van der Waals surface area contributed by atoms with Crippen LogP contribution in [-0.2, 0) is 5.41 Å². The standard InChI is InChI=1S/C35H26N2/c1-35(2)30-22-27-17-10-9-16-26(27)21-29(30)33-31(35)32(36-34(37-33)24-14-7-4-8-15-24)28-19-11-18-25(20-28)23-12-5-3-6-13-23/h3-22H,1-2H3. The van der Waals surface area contributed by atoms with Gasteiger partial charge in [-0.2, -0.15) is 0 Å². The number of hydrogen-bond acceptors (Lipinski definition) is 2. The fourth-order valence-electron chi connectivity index (χ4n) is 5.74. The zero-order valence-electron chi connectivity index (χ0n) is 20.9. The molecule has 1 aliphatic carbocycles. The molecule has 176 valence electrons. The van der Waals surface area contributed by atoms with Crippen molar-refractivity contribution in [2.45, 2.75) is 19.3 Å². The quantitative estimate of drug-likeness (QED) is 0.256. The summed E-state index contributed by atoms with van der Waals surface area (Å²) >= 11 is 0. The van der Waals surface area contributed by atoms with Crippen LogP contribution in [0, 0.1) is 0 Å². The molecule has 37 heavy (non-hydrogen) atoms. The van der Waals surface area contributed by atoms with Crippen LogP contribution in [-0.4, -0.2) is 9.97 Å². The molecule has 0 aliphatic heterocycles. The smallest absolute Gasteiger partial charge is 0.160 e. The monoisotopic (exact) mass is 474 g/mol. The van der Waals surface area contributed by atoms with E-state index >= 15 is 0 Å². The molecule has 0 radical (unpaired) electrons. The van der Waals surface area contributed by atoms with Gasteiger partial charge in [-0.1, -0.05) is 117 Å². The topological polar surface area (TPSA) is 25.8 Å². The van der Waals surface area contributed by atoms with Crippen molar-refractivity contribution in [1.29, 1.82) is 0 Å².